The Morgan fingerprint density at radius 1 is 1.21 bits per heavy atom. The van der Waals surface area contributed by atoms with Gasteiger partial charge in [-0.25, -0.2) is 4.79 Å². The third-order valence-corrected chi connectivity index (χ3v) is 2.93. The Bertz CT molecular complexity index is 483. The topological polar surface area (TPSA) is 63.7 Å². The van der Waals surface area contributed by atoms with E-state index in [2.05, 4.69) is 0 Å². The molecule has 1 aromatic rings. The summed E-state index contributed by atoms with van der Waals surface area (Å²) >= 11 is 0. The normalized spacial score (nSPS) is 15.2. The maximum absolute atomic E-state index is 11.8. The molecule has 100 valence electrons. The van der Waals surface area contributed by atoms with Crippen LogP contribution in [0.25, 0.3) is 0 Å². The molecule has 0 atom stereocenters. The summed E-state index contributed by atoms with van der Waals surface area (Å²) in [7, 11) is 0. The van der Waals surface area contributed by atoms with Gasteiger partial charge in [-0.1, -0.05) is 30.3 Å². The van der Waals surface area contributed by atoms with Gasteiger partial charge >= 0.3 is 11.9 Å². The van der Waals surface area contributed by atoms with Crippen molar-refractivity contribution in [1.82, 2.24) is 4.90 Å². The minimum Gasteiger partial charge on any atom is -0.454 e. The Hall–Kier alpha value is -2.17. The van der Waals surface area contributed by atoms with Crippen LogP contribution in [0.1, 0.15) is 18.4 Å². The lowest BCUT2D eigenvalue weighted by atomic mass is 10.1. The predicted octanol–water partition coefficient (Wildman–Crippen LogP) is 0.921. The number of amides is 1. The largest absolute Gasteiger partial charge is 0.454 e. The number of likely N-dealkylation sites (tertiary alicyclic amines) is 1. The number of nitrogens with zero attached hydrogens (tertiary/aromatic N) is 1. The molecule has 1 aromatic carbocycles. The summed E-state index contributed by atoms with van der Waals surface area (Å²) in [6.07, 6.45) is 1.08. The van der Waals surface area contributed by atoms with E-state index in [0.717, 1.165) is 5.56 Å². The Labute approximate surface area is 111 Å². The van der Waals surface area contributed by atoms with Crippen molar-refractivity contribution in [3.05, 3.63) is 35.9 Å². The van der Waals surface area contributed by atoms with Crippen LogP contribution in [-0.2, 0) is 25.7 Å². The van der Waals surface area contributed by atoms with Crippen LogP contribution in [0.5, 0.6) is 0 Å². The van der Waals surface area contributed by atoms with Crippen LogP contribution in [0, 0.1) is 0 Å². The lowest BCUT2D eigenvalue weighted by Gasteiger charge is -2.24. The molecule has 0 N–H and O–H groups in total. The molecule has 19 heavy (non-hydrogen) atoms. The number of carbonyl (C=O) groups is 3. The number of esters is 1. The van der Waals surface area contributed by atoms with Gasteiger partial charge < -0.3 is 9.64 Å². The van der Waals surface area contributed by atoms with E-state index in [1.165, 1.54) is 4.90 Å². The summed E-state index contributed by atoms with van der Waals surface area (Å²) in [6.45, 7) is 0.511. The third-order valence-electron chi connectivity index (χ3n) is 2.93. The SMILES string of the molecule is O=C1CCCN(C(=O)C(=O)OCc2ccccc2)C1. The van der Waals surface area contributed by atoms with Gasteiger partial charge in [-0.2, -0.15) is 0 Å². The quantitative estimate of drug-likeness (QED) is 0.586. The van der Waals surface area contributed by atoms with Gasteiger partial charge in [-0.15, -0.1) is 0 Å². The van der Waals surface area contributed by atoms with E-state index in [1.807, 2.05) is 30.3 Å². The molecule has 5 nitrogen and oxygen atoms in total. The summed E-state index contributed by atoms with van der Waals surface area (Å²) in [5.74, 6) is -1.65. The first-order valence-corrected chi connectivity index (χ1v) is 6.18. The predicted molar refractivity (Wildman–Crippen MR) is 67.1 cm³/mol. The maximum Gasteiger partial charge on any atom is 0.397 e. The van der Waals surface area contributed by atoms with Crippen molar-refractivity contribution < 1.29 is 19.1 Å². The van der Waals surface area contributed by atoms with E-state index in [4.69, 9.17) is 4.74 Å². The highest BCUT2D eigenvalue weighted by Gasteiger charge is 2.27. The number of carbonyl (C=O) groups excluding carboxylic acids is 3. The number of rotatable bonds is 2. The number of Topliss-reactive ketones (excluding diaryl/α,β-unsaturated/α-hetero) is 1. The summed E-state index contributed by atoms with van der Waals surface area (Å²) in [5, 5.41) is 0. The molecule has 1 amide bonds. The minimum atomic E-state index is -0.904. The van der Waals surface area contributed by atoms with Crippen molar-refractivity contribution in [1.29, 1.82) is 0 Å². The van der Waals surface area contributed by atoms with Crippen LogP contribution in [-0.4, -0.2) is 35.6 Å². The van der Waals surface area contributed by atoms with E-state index in [0.29, 0.717) is 19.4 Å². The molecule has 2 rings (SSSR count). The molecule has 1 fully saturated rings. The maximum atomic E-state index is 11.8. The number of ether oxygens (including phenoxy) is 1. The average molecular weight is 261 g/mol. The summed E-state index contributed by atoms with van der Waals surface area (Å²) in [5.41, 5.74) is 0.818. The van der Waals surface area contributed by atoms with Crippen molar-refractivity contribution in [2.24, 2.45) is 0 Å². The molecular formula is C14H15NO4. The van der Waals surface area contributed by atoms with Gasteiger partial charge in [0, 0.05) is 13.0 Å². The van der Waals surface area contributed by atoms with Crippen LogP contribution < -0.4 is 0 Å². The zero-order chi connectivity index (χ0) is 13.7. The van der Waals surface area contributed by atoms with Gasteiger partial charge in [0.15, 0.2) is 5.78 Å². The van der Waals surface area contributed by atoms with Gasteiger partial charge in [-0.05, 0) is 12.0 Å². The van der Waals surface area contributed by atoms with Gasteiger partial charge in [0.25, 0.3) is 0 Å². The fraction of sp³-hybridized carbons (Fsp3) is 0.357. The number of benzene rings is 1. The Morgan fingerprint density at radius 3 is 2.63 bits per heavy atom. The third kappa shape index (κ3) is 3.64. The lowest BCUT2D eigenvalue weighted by Crippen LogP contribution is -2.44. The second-order valence-corrected chi connectivity index (χ2v) is 4.43. The first-order chi connectivity index (χ1) is 9.16. The Morgan fingerprint density at radius 2 is 1.95 bits per heavy atom. The van der Waals surface area contributed by atoms with Crippen molar-refractivity contribution in [3.8, 4) is 0 Å². The summed E-state index contributed by atoms with van der Waals surface area (Å²) < 4.78 is 4.94. The smallest absolute Gasteiger partial charge is 0.397 e. The molecule has 1 saturated heterocycles. The molecule has 0 radical (unpaired) electrons. The van der Waals surface area contributed by atoms with E-state index in [-0.39, 0.29) is 18.9 Å². The zero-order valence-electron chi connectivity index (χ0n) is 10.5. The summed E-state index contributed by atoms with van der Waals surface area (Å²) in [4.78, 5) is 35.8. The van der Waals surface area contributed by atoms with Gasteiger partial charge in [0.05, 0.1) is 6.54 Å². The van der Waals surface area contributed by atoms with Crippen molar-refractivity contribution >= 4 is 17.7 Å². The Balaban J connectivity index is 1.85. The zero-order valence-corrected chi connectivity index (χ0v) is 10.5. The molecule has 1 aliphatic rings. The molecule has 0 unspecified atom stereocenters. The molecule has 5 heteroatoms. The molecule has 0 spiro atoms. The van der Waals surface area contributed by atoms with Crippen LogP contribution in [0.4, 0.5) is 0 Å². The minimum absolute atomic E-state index is 0.0132. The van der Waals surface area contributed by atoms with Gasteiger partial charge in [0.1, 0.15) is 6.61 Å². The molecule has 0 bridgehead atoms. The highest BCUT2D eigenvalue weighted by molar-refractivity contribution is 6.32. The first kappa shape index (κ1) is 13.3. The lowest BCUT2D eigenvalue weighted by molar-refractivity contribution is -0.162. The van der Waals surface area contributed by atoms with Gasteiger partial charge in [0.2, 0.25) is 0 Å². The molecule has 1 aliphatic heterocycles. The monoisotopic (exact) mass is 261 g/mol. The molecule has 0 aliphatic carbocycles. The van der Waals surface area contributed by atoms with Crippen LogP contribution >= 0.6 is 0 Å². The van der Waals surface area contributed by atoms with E-state index >= 15 is 0 Å². The highest BCUT2D eigenvalue weighted by atomic mass is 16.5. The Kier molecular flexibility index (Phi) is 4.28. The second kappa shape index (κ2) is 6.13. The standard InChI is InChI=1S/C14H15NO4/c16-12-7-4-8-15(9-12)13(17)14(18)19-10-11-5-2-1-3-6-11/h1-3,5-6H,4,7-10H2. The number of piperidine rings is 1. The van der Waals surface area contributed by atoms with Crippen molar-refractivity contribution in [2.75, 3.05) is 13.1 Å². The number of hydrogen-bond acceptors (Lipinski definition) is 4. The van der Waals surface area contributed by atoms with Crippen LogP contribution in [0.3, 0.4) is 0 Å². The van der Waals surface area contributed by atoms with Crippen LogP contribution in [0.15, 0.2) is 30.3 Å². The highest BCUT2D eigenvalue weighted by Crippen LogP contribution is 2.07. The number of ketones is 1. The van der Waals surface area contributed by atoms with Crippen molar-refractivity contribution in [2.45, 2.75) is 19.4 Å². The second-order valence-electron chi connectivity index (χ2n) is 4.43. The van der Waals surface area contributed by atoms with Crippen molar-refractivity contribution in [3.63, 3.8) is 0 Å². The molecule has 0 aromatic heterocycles. The molecule has 1 heterocycles. The average Bonchev–Trinajstić information content (AvgIpc) is 2.45. The first-order valence-electron chi connectivity index (χ1n) is 6.18. The van der Waals surface area contributed by atoms with E-state index < -0.39 is 11.9 Å². The van der Waals surface area contributed by atoms with E-state index in [1.54, 1.807) is 0 Å². The number of hydrogen-bond donors (Lipinski definition) is 0. The van der Waals surface area contributed by atoms with E-state index in [9.17, 15) is 14.4 Å². The fourth-order valence-corrected chi connectivity index (χ4v) is 1.93. The molecular weight excluding hydrogens is 246 g/mol. The fourth-order valence-electron chi connectivity index (χ4n) is 1.93. The summed E-state index contributed by atoms with van der Waals surface area (Å²) in [6, 6.07) is 9.13. The van der Waals surface area contributed by atoms with Gasteiger partial charge in [-0.3, -0.25) is 9.59 Å². The van der Waals surface area contributed by atoms with Crippen LogP contribution in [0.2, 0.25) is 0 Å². The molecule has 0 saturated carbocycles.